The molecule has 5 nitrogen and oxygen atoms in total. The summed E-state index contributed by atoms with van der Waals surface area (Å²) in [5.41, 5.74) is 2.89. The summed E-state index contributed by atoms with van der Waals surface area (Å²) in [5.74, 6) is 0. The van der Waals surface area contributed by atoms with Gasteiger partial charge in [0, 0.05) is 12.7 Å². The molecule has 2 heterocycles. The Morgan fingerprint density at radius 1 is 1.53 bits per heavy atom. The van der Waals surface area contributed by atoms with Gasteiger partial charge in [-0.2, -0.15) is 0 Å². The predicted octanol–water partition coefficient (Wildman–Crippen LogP) is 1.76. The summed E-state index contributed by atoms with van der Waals surface area (Å²) < 4.78 is 2.15. The molecule has 0 fully saturated rings. The molecular formula is C9H13N5S. The molecule has 0 saturated carbocycles. The predicted molar refractivity (Wildman–Crippen MR) is 59.8 cm³/mol. The molecule has 80 valence electrons. The Hall–Kier alpha value is -1.43. The highest BCUT2D eigenvalue weighted by Gasteiger charge is 2.01. The molecule has 0 atom stereocenters. The van der Waals surface area contributed by atoms with E-state index in [-0.39, 0.29) is 0 Å². The molecule has 0 aromatic carbocycles. The van der Waals surface area contributed by atoms with Gasteiger partial charge in [0.05, 0.1) is 18.6 Å². The fraction of sp³-hybridized carbons (Fsp3) is 0.444. The van der Waals surface area contributed by atoms with Crippen molar-refractivity contribution in [3.63, 3.8) is 0 Å². The number of nitrogens with one attached hydrogen (secondary N) is 1. The quantitative estimate of drug-likeness (QED) is 0.839. The first-order valence-corrected chi connectivity index (χ1v) is 5.77. The van der Waals surface area contributed by atoms with Gasteiger partial charge in [-0.25, -0.2) is 4.98 Å². The highest BCUT2D eigenvalue weighted by molar-refractivity contribution is 7.13. The molecule has 2 aromatic rings. The summed E-state index contributed by atoms with van der Waals surface area (Å²) >= 11 is 1.50. The maximum atomic E-state index is 4.13. The average Bonchev–Trinajstić information content (AvgIpc) is 2.85. The van der Waals surface area contributed by atoms with Crippen LogP contribution in [0.1, 0.15) is 19.0 Å². The number of aromatic nitrogens is 4. The van der Waals surface area contributed by atoms with Crippen molar-refractivity contribution in [1.29, 1.82) is 0 Å². The van der Waals surface area contributed by atoms with Gasteiger partial charge in [-0.05, 0) is 6.42 Å². The summed E-state index contributed by atoms with van der Waals surface area (Å²) in [6, 6.07) is 0. The van der Waals surface area contributed by atoms with Crippen LogP contribution in [0.2, 0.25) is 0 Å². The molecule has 0 radical (unpaired) electrons. The molecule has 0 aliphatic rings. The largest absolute Gasteiger partial charge is 0.354 e. The van der Waals surface area contributed by atoms with Crippen LogP contribution in [0.5, 0.6) is 0 Å². The van der Waals surface area contributed by atoms with Crippen molar-refractivity contribution in [2.24, 2.45) is 0 Å². The minimum absolute atomic E-state index is 0.745. The van der Waals surface area contributed by atoms with Crippen molar-refractivity contribution in [3.05, 3.63) is 23.7 Å². The minimum atomic E-state index is 0.745. The van der Waals surface area contributed by atoms with Crippen LogP contribution in [-0.4, -0.2) is 19.7 Å². The normalized spacial score (nSPS) is 10.5. The third kappa shape index (κ3) is 2.53. The number of nitrogens with zero attached hydrogens (tertiary/aromatic N) is 4. The number of hydrogen-bond donors (Lipinski definition) is 1. The Morgan fingerprint density at radius 3 is 3.20 bits per heavy atom. The van der Waals surface area contributed by atoms with Crippen LogP contribution in [0.3, 0.4) is 0 Å². The van der Waals surface area contributed by atoms with Crippen LogP contribution < -0.4 is 5.32 Å². The van der Waals surface area contributed by atoms with Crippen molar-refractivity contribution in [2.45, 2.75) is 26.4 Å². The van der Waals surface area contributed by atoms with Crippen molar-refractivity contribution >= 4 is 16.5 Å². The number of imidazole rings is 1. The van der Waals surface area contributed by atoms with Gasteiger partial charge < -0.3 is 9.88 Å². The summed E-state index contributed by atoms with van der Waals surface area (Å²) in [7, 11) is 0. The zero-order chi connectivity index (χ0) is 10.5. The summed E-state index contributed by atoms with van der Waals surface area (Å²) in [5, 5.41) is 11.7. The van der Waals surface area contributed by atoms with Crippen LogP contribution in [-0.2, 0) is 13.1 Å². The Labute approximate surface area is 92.2 Å². The molecule has 0 unspecified atom stereocenters. The van der Waals surface area contributed by atoms with E-state index < -0.39 is 0 Å². The highest BCUT2D eigenvalue weighted by atomic mass is 32.1. The number of rotatable bonds is 5. The van der Waals surface area contributed by atoms with Gasteiger partial charge in [-0.3, -0.25) is 0 Å². The van der Waals surface area contributed by atoms with Crippen LogP contribution in [0, 0.1) is 0 Å². The second-order valence-electron chi connectivity index (χ2n) is 3.18. The molecule has 0 spiro atoms. The first kappa shape index (κ1) is 10.1. The van der Waals surface area contributed by atoms with E-state index in [1.807, 2.05) is 12.5 Å². The van der Waals surface area contributed by atoms with E-state index in [0.717, 1.165) is 24.6 Å². The van der Waals surface area contributed by atoms with E-state index in [0.29, 0.717) is 0 Å². The van der Waals surface area contributed by atoms with E-state index >= 15 is 0 Å². The summed E-state index contributed by atoms with van der Waals surface area (Å²) in [6.45, 7) is 3.91. The lowest BCUT2D eigenvalue weighted by molar-refractivity contribution is 0.651. The van der Waals surface area contributed by atoms with Gasteiger partial charge in [-0.1, -0.05) is 18.3 Å². The first-order valence-electron chi connectivity index (χ1n) is 4.89. The van der Waals surface area contributed by atoms with Crippen LogP contribution in [0.25, 0.3) is 0 Å². The lowest BCUT2D eigenvalue weighted by Gasteiger charge is -2.06. The number of aryl methyl sites for hydroxylation is 1. The lowest BCUT2D eigenvalue weighted by atomic mass is 10.4. The maximum Gasteiger partial charge on any atom is 0.205 e. The fourth-order valence-corrected chi connectivity index (χ4v) is 1.80. The molecule has 0 saturated heterocycles. The van der Waals surface area contributed by atoms with Crippen LogP contribution in [0.15, 0.2) is 18.0 Å². The maximum absolute atomic E-state index is 4.13. The standard InChI is InChI=1S/C9H13N5S/c1-2-3-14-6-10-4-8(14)5-11-9-13-12-7-15-9/h4,6-7H,2-3,5H2,1H3,(H,11,13). The van der Waals surface area contributed by atoms with Crippen molar-refractivity contribution in [3.8, 4) is 0 Å². The Bertz CT molecular complexity index is 394. The molecule has 0 aliphatic carbocycles. The topological polar surface area (TPSA) is 55.6 Å². The van der Waals surface area contributed by atoms with Gasteiger partial charge in [0.2, 0.25) is 5.13 Å². The summed E-state index contributed by atoms with van der Waals surface area (Å²) in [6.07, 6.45) is 4.85. The highest BCUT2D eigenvalue weighted by Crippen LogP contribution is 2.10. The SMILES string of the molecule is CCCn1cncc1CNc1nncs1. The average molecular weight is 223 g/mol. The zero-order valence-corrected chi connectivity index (χ0v) is 9.37. The monoisotopic (exact) mass is 223 g/mol. The summed E-state index contributed by atoms with van der Waals surface area (Å²) in [4.78, 5) is 4.13. The van der Waals surface area contributed by atoms with Crippen molar-refractivity contribution < 1.29 is 0 Å². The second-order valence-corrected chi connectivity index (χ2v) is 4.01. The smallest absolute Gasteiger partial charge is 0.205 e. The number of anilines is 1. The third-order valence-corrected chi connectivity index (χ3v) is 2.69. The van der Waals surface area contributed by atoms with Gasteiger partial charge in [-0.15, -0.1) is 10.2 Å². The van der Waals surface area contributed by atoms with E-state index in [2.05, 4.69) is 32.0 Å². The Balaban J connectivity index is 1.95. The molecule has 15 heavy (non-hydrogen) atoms. The molecule has 2 rings (SSSR count). The van der Waals surface area contributed by atoms with Crippen LogP contribution >= 0.6 is 11.3 Å². The van der Waals surface area contributed by atoms with Gasteiger partial charge in [0.1, 0.15) is 5.51 Å². The fourth-order valence-electron chi connectivity index (χ4n) is 1.35. The van der Waals surface area contributed by atoms with E-state index in [4.69, 9.17) is 0 Å². The molecule has 6 heteroatoms. The van der Waals surface area contributed by atoms with E-state index in [1.54, 1.807) is 5.51 Å². The Morgan fingerprint density at radius 2 is 2.47 bits per heavy atom. The van der Waals surface area contributed by atoms with Crippen LogP contribution in [0.4, 0.5) is 5.13 Å². The number of hydrogen-bond acceptors (Lipinski definition) is 5. The molecule has 2 aromatic heterocycles. The molecule has 0 bridgehead atoms. The Kier molecular flexibility index (Phi) is 3.29. The molecule has 0 aliphatic heterocycles. The van der Waals surface area contributed by atoms with Gasteiger partial charge in [0.25, 0.3) is 0 Å². The lowest BCUT2D eigenvalue weighted by Crippen LogP contribution is -2.06. The van der Waals surface area contributed by atoms with Crippen molar-refractivity contribution in [1.82, 2.24) is 19.7 Å². The molecule has 0 amide bonds. The van der Waals surface area contributed by atoms with Gasteiger partial charge in [0.15, 0.2) is 0 Å². The second kappa shape index (κ2) is 4.88. The van der Waals surface area contributed by atoms with Gasteiger partial charge >= 0.3 is 0 Å². The van der Waals surface area contributed by atoms with E-state index in [1.165, 1.54) is 17.0 Å². The minimum Gasteiger partial charge on any atom is -0.354 e. The first-order chi connectivity index (χ1) is 7.40. The third-order valence-electron chi connectivity index (χ3n) is 2.04. The van der Waals surface area contributed by atoms with E-state index in [9.17, 15) is 0 Å². The molecular weight excluding hydrogens is 210 g/mol. The zero-order valence-electron chi connectivity index (χ0n) is 8.55. The van der Waals surface area contributed by atoms with Crippen molar-refractivity contribution in [2.75, 3.05) is 5.32 Å². The molecule has 1 N–H and O–H groups in total.